The predicted octanol–water partition coefficient (Wildman–Crippen LogP) is 1.10. The lowest BCUT2D eigenvalue weighted by molar-refractivity contribution is 0.475. The van der Waals surface area contributed by atoms with Gasteiger partial charge in [-0.2, -0.15) is 0 Å². The van der Waals surface area contributed by atoms with E-state index in [1.165, 1.54) is 0 Å². The minimum Gasteiger partial charge on any atom is -0.508 e. The van der Waals surface area contributed by atoms with Crippen molar-refractivity contribution in [2.75, 3.05) is 0 Å². The zero-order valence-corrected chi connectivity index (χ0v) is 8.30. The van der Waals surface area contributed by atoms with Crippen molar-refractivity contribution in [1.29, 1.82) is 0 Å². The second kappa shape index (κ2) is 4.14. The molecule has 3 N–H and O–H groups in total. The third kappa shape index (κ3) is 2.35. The van der Waals surface area contributed by atoms with Gasteiger partial charge in [0.1, 0.15) is 5.75 Å². The van der Waals surface area contributed by atoms with E-state index in [-0.39, 0.29) is 5.75 Å². The highest BCUT2D eigenvalue weighted by molar-refractivity contribution is 5.26. The number of benzene rings is 1. The monoisotopic (exact) mass is 203 g/mol. The number of aromatic hydroxyl groups is 1. The van der Waals surface area contributed by atoms with Gasteiger partial charge in [0.05, 0.1) is 12.0 Å². The summed E-state index contributed by atoms with van der Waals surface area (Å²) >= 11 is 0. The molecule has 0 bridgehead atoms. The van der Waals surface area contributed by atoms with Crippen LogP contribution in [0.4, 0.5) is 0 Å². The fraction of sp³-hybridized carbons (Fsp3) is 0.182. The van der Waals surface area contributed by atoms with E-state index < -0.39 is 0 Å². The van der Waals surface area contributed by atoms with E-state index in [9.17, 15) is 0 Å². The normalized spacial score (nSPS) is 10.5. The number of phenolic OH excluding ortho intramolecular Hbond substituents is 1. The van der Waals surface area contributed by atoms with Gasteiger partial charge in [-0.05, 0) is 17.7 Å². The fourth-order valence-corrected chi connectivity index (χ4v) is 1.41. The molecule has 0 aliphatic carbocycles. The number of hydrogen-bond acceptors (Lipinski definition) is 3. The summed E-state index contributed by atoms with van der Waals surface area (Å²) in [6.07, 6.45) is 3.68. The molecular formula is C11H13N3O. The number of nitrogens with zero attached hydrogens (tertiary/aromatic N) is 2. The van der Waals surface area contributed by atoms with Crippen LogP contribution >= 0.6 is 0 Å². The maximum absolute atomic E-state index is 9.13. The average molecular weight is 203 g/mol. The SMILES string of the molecule is NCc1cn(Cc2ccc(O)cc2)cn1. The van der Waals surface area contributed by atoms with Crippen LogP contribution in [0.1, 0.15) is 11.3 Å². The molecule has 0 atom stereocenters. The second-order valence-corrected chi connectivity index (χ2v) is 3.41. The molecule has 0 aliphatic heterocycles. The van der Waals surface area contributed by atoms with E-state index in [4.69, 9.17) is 10.8 Å². The van der Waals surface area contributed by atoms with E-state index in [1.807, 2.05) is 22.9 Å². The van der Waals surface area contributed by atoms with E-state index >= 15 is 0 Å². The van der Waals surface area contributed by atoms with Crippen LogP contribution in [0.25, 0.3) is 0 Å². The standard InChI is InChI=1S/C11H13N3O/c12-5-10-7-14(8-13-10)6-9-1-3-11(15)4-2-9/h1-4,7-8,15H,5-6,12H2. The number of nitrogens with two attached hydrogens (primary N) is 1. The molecule has 0 unspecified atom stereocenters. The maximum atomic E-state index is 9.13. The summed E-state index contributed by atoms with van der Waals surface area (Å²) in [6, 6.07) is 7.13. The van der Waals surface area contributed by atoms with E-state index in [1.54, 1.807) is 18.5 Å². The Balaban J connectivity index is 2.11. The van der Waals surface area contributed by atoms with Crippen LogP contribution in [0.3, 0.4) is 0 Å². The highest BCUT2D eigenvalue weighted by Gasteiger charge is 1.98. The van der Waals surface area contributed by atoms with Crippen molar-refractivity contribution in [3.05, 3.63) is 48.0 Å². The number of hydrogen-bond donors (Lipinski definition) is 2. The molecule has 2 rings (SSSR count). The van der Waals surface area contributed by atoms with E-state index in [0.29, 0.717) is 6.54 Å². The predicted molar refractivity (Wildman–Crippen MR) is 57.3 cm³/mol. The smallest absolute Gasteiger partial charge is 0.115 e. The quantitative estimate of drug-likeness (QED) is 0.785. The number of rotatable bonds is 3. The first-order valence-electron chi connectivity index (χ1n) is 4.76. The van der Waals surface area contributed by atoms with Crippen LogP contribution in [0, 0.1) is 0 Å². The van der Waals surface area contributed by atoms with Crippen molar-refractivity contribution in [2.45, 2.75) is 13.1 Å². The van der Waals surface area contributed by atoms with Crippen molar-refractivity contribution >= 4 is 0 Å². The zero-order valence-electron chi connectivity index (χ0n) is 8.30. The molecule has 0 spiro atoms. The molecule has 78 valence electrons. The third-order valence-corrected chi connectivity index (χ3v) is 2.20. The van der Waals surface area contributed by atoms with Crippen LogP contribution in [-0.4, -0.2) is 14.7 Å². The van der Waals surface area contributed by atoms with Crippen LogP contribution in [0.2, 0.25) is 0 Å². The van der Waals surface area contributed by atoms with Gasteiger partial charge in [0.2, 0.25) is 0 Å². The summed E-state index contributed by atoms with van der Waals surface area (Å²) in [4.78, 5) is 4.14. The third-order valence-electron chi connectivity index (χ3n) is 2.20. The second-order valence-electron chi connectivity index (χ2n) is 3.41. The maximum Gasteiger partial charge on any atom is 0.115 e. The van der Waals surface area contributed by atoms with Crippen LogP contribution in [0.5, 0.6) is 5.75 Å². The summed E-state index contributed by atoms with van der Waals surface area (Å²) in [7, 11) is 0. The molecule has 0 saturated heterocycles. The Morgan fingerprint density at radius 1 is 1.27 bits per heavy atom. The summed E-state index contributed by atoms with van der Waals surface area (Å²) in [5.74, 6) is 0.284. The molecular weight excluding hydrogens is 190 g/mol. The Kier molecular flexibility index (Phi) is 2.69. The number of aromatic nitrogens is 2. The van der Waals surface area contributed by atoms with Crippen LogP contribution < -0.4 is 5.73 Å². The summed E-state index contributed by atoms with van der Waals surface area (Å²) in [6.45, 7) is 1.20. The van der Waals surface area contributed by atoms with Crippen molar-refractivity contribution < 1.29 is 5.11 Å². The molecule has 1 aromatic heterocycles. The van der Waals surface area contributed by atoms with Gasteiger partial charge in [-0.1, -0.05) is 12.1 Å². The Morgan fingerprint density at radius 2 is 2.00 bits per heavy atom. The lowest BCUT2D eigenvalue weighted by Crippen LogP contribution is -1.97. The topological polar surface area (TPSA) is 64.1 Å². The van der Waals surface area contributed by atoms with Crippen LogP contribution in [0.15, 0.2) is 36.8 Å². The average Bonchev–Trinajstić information content (AvgIpc) is 2.69. The van der Waals surface area contributed by atoms with Gasteiger partial charge in [-0.3, -0.25) is 0 Å². The van der Waals surface area contributed by atoms with Gasteiger partial charge in [0, 0.05) is 19.3 Å². The molecule has 1 aromatic carbocycles. The Bertz CT molecular complexity index is 433. The summed E-state index contributed by atoms with van der Waals surface area (Å²) in [5, 5.41) is 9.13. The minimum atomic E-state index is 0.284. The van der Waals surface area contributed by atoms with E-state index in [0.717, 1.165) is 17.8 Å². The van der Waals surface area contributed by atoms with Crippen molar-refractivity contribution in [2.24, 2.45) is 5.73 Å². The Morgan fingerprint density at radius 3 is 2.60 bits per heavy atom. The first-order valence-corrected chi connectivity index (χ1v) is 4.76. The Hall–Kier alpha value is -1.81. The van der Waals surface area contributed by atoms with Crippen LogP contribution in [-0.2, 0) is 13.1 Å². The molecule has 0 aliphatic rings. The van der Waals surface area contributed by atoms with Crippen molar-refractivity contribution in [3.8, 4) is 5.75 Å². The van der Waals surface area contributed by atoms with Gasteiger partial charge in [0.15, 0.2) is 0 Å². The van der Waals surface area contributed by atoms with Crippen molar-refractivity contribution in [3.63, 3.8) is 0 Å². The number of imidazole rings is 1. The fourth-order valence-electron chi connectivity index (χ4n) is 1.41. The minimum absolute atomic E-state index is 0.284. The zero-order chi connectivity index (χ0) is 10.7. The van der Waals surface area contributed by atoms with Gasteiger partial charge in [-0.15, -0.1) is 0 Å². The lowest BCUT2D eigenvalue weighted by atomic mass is 10.2. The first-order chi connectivity index (χ1) is 7.28. The molecule has 4 nitrogen and oxygen atoms in total. The van der Waals surface area contributed by atoms with E-state index in [2.05, 4.69) is 4.98 Å². The highest BCUT2D eigenvalue weighted by Crippen LogP contribution is 2.10. The van der Waals surface area contributed by atoms with Gasteiger partial charge >= 0.3 is 0 Å². The van der Waals surface area contributed by atoms with Gasteiger partial charge in [-0.25, -0.2) is 4.98 Å². The summed E-state index contributed by atoms with van der Waals surface area (Å²) < 4.78 is 1.97. The molecule has 0 amide bonds. The van der Waals surface area contributed by atoms with Crippen molar-refractivity contribution in [1.82, 2.24) is 9.55 Å². The lowest BCUT2D eigenvalue weighted by Gasteiger charge is -2.02. The highest BCUT2D eigenvalue weighted by atomic mass is 16.3. The molecule has 1 heterocycles. The largest absolute Gasteiger partial charge is 0.508 e. The molecule has 4 heteroatoms. The molecule has 0 radical (unpaired) electrons. The summed E-state index contributed by atoms with van der Waals surface area (Å²) in [5.41, 5.74) is 7.47. The number of phenols is 1. The first kappa shape index (κ1) is 9.73. The molecule has 15 heavy (non-hydrogen) atoms. The Labute approximate surface area is 88.0 Å². The van der Waals surface area contributed by atoms with Gasteiger partial charge in [0.25, 0.3) is 0 Å². The van der Waals surface area contributed by atoms with Gasteiger partial charge < -0.3 is 15.4 Å². The molecule has 2 aromatic rings. The molecule has 0 fully saturated rings. The molecule has 0 saturated carbocycles.